The number of nitrogens with zero attached hydrogens (tertiary/aromatic N) is 2. The molecule has 1 N–H and O–H groups in total. The predicted molar refractivity (Wildman–Crippen MR) is 42.9 cm³/mol. The first-order valence-electron chi connectivity index (χ1n) is 3.69. The van der Waals surface area contributed by atoms with Gasteiger partial charge < -0.3 is 5.11 Å². The number of aromatic nitrogens is 1. The van der Waals surface area contributed by atoms with Crippen LogP contribution < -0.4 is 0 Å². The molecule has 0 radical (unpaired) electrons. The molecule has 0 amide bonds. The van der Waals surface area contributed by atoms with Crippen LogP contribution in [0.4, 0.5) is 18.9 Å². The molecule has 0 aromatic carbocycles. The summed E-state index contributed by atoms with van der Waals surface area (Å²) in [5.41, 5.74) is -4.42. The quantitative estimate of drug-likeness (QED) is 0.623. The van der Waals surface area contributed by atoms with E-state index < -0.39 is 34.0 Å². The lowest BCUT2D eigenvalue weighted by molar-refractivity contribution is -0.388. The Balaban J connectivity index is 3.58. The number of halogens is 3. The summed E-state index contributed by atoms with van der Waals surface area (Å²) in [6.45, 7) is 0. The van der Waals surface area contributed by atoms with Gasteiger partial charge in [0.1, 0.15) is 5.56 Å². The fourth-order valence-electron chi connectivity index (χ4n) is 1.02. The van der Waals surface area contributed by atoms with E-state index in [1.165, 1.54) is 0 Å². The number of alkyl halides is 3. The maximum atomic E-state index is 12.3. The van der Waals surface area contributed by atoms with E-state index in [1.807, 2.05) is 0 Å². The van der Waals surface area contributed by atoms with E-state index in [2.05, 4.69) is 4.98 Å². The Morgan fingerprint density at radius 1 is 1.50 bits per heavy atom. The van der Waals surface area contributed by atoms with E-state index in [0.29, 0.717) is 12.3 Å². The van der Waals surface area contributed by atoms with E-state index in [4.69, 9.17) is 5.11 Å². The van der Waals surface area contributed by atoms with Crippen molar-refractivity contribution in [1.82, 2.24) is 4.98 Å². The van der Waals surface area contributed by atoms with Gasteiger partial charge in [0.25, 0.3) is 0 Å². The Hall–Kier alpha value is -2.19. The lowest BCUT2D eigenvalue weighted by Gasteiger charge is -2.07. The molecule has 1 aromatic heterocycles. The molecule has 0 aliphatic carbocycles. The number of carbonyl (C=O) groups is 1. The third-order valence-electron chi connectivity index (χ3n) is 1.61. The standard InChI is InChI=1S/C7H3F3N2O4/c8-7(9,10)3-1-2-11-4(6(13)14)5(3)12(15)16/h1-2H,(H,13,14). The summed E-state index contributed by atoms with van der Waals surface area (Å²) in [6, 6.07) is 0.352. The highest BCUT2D eigenvalue weighted by Gasteiger charge is 2.41. The molecule has 86 valence electrons. The van der Waals surface area contributed by atoms with Crippen LogP contribution in [0, 0.1) is 10.1 Å². The maximum absolute atomic E-state index is 12.3. The van der Waals surface area contributed by atoms with E-state index in [1.54, 1.807) is 0 Å². The fraction of sp³-hybridized carbons (Fsp3) is 0.143. The molecule has 1 rings (SSSR count). The van der Waals surface area contributed by atoms with E-state index >= 15 is 0 Å². The normalized spacial score (nSPS) is 11.2. The first kappa shape index (κ1) is 11.9. The van der Waals surface area contributed by atoms with E-state index in [0.717, 1.165) is 0 Å². The summed E-state index contributed by atoms with van der Waals surface area (Å²) in [4.78, 5) is 22.5. The molecule has 0 saturated heterocycles. The van der Waals surface area contributed by atoms with Crippen molar-refractivity contribution in [2.45, 2.75) is 6.18 Å². The SMILES string of the molecule is O=C(O)c1nccc(C(F)(F)F)c1[N+](=O)[O-]. The molecular formula is C7H3F3N2O4. The molecule has 0 unspecified atom stereocenters. The number of hydrogen-bond donors (Lipinski definition) is 1. The largest absolute Gasteiger partial charge is 0.476 e. The van der Waals surface area contributed by atoms with Crippen molar-refractivity contribution in [1.29, 1.82) is 0 Å². The van der Waals surface area contributed by atoms with E-state index in [9.17, 15) is 28.1 Å². The smallest absolute Gasteiger partial charge is 0.423 e. The lowest BCUT2D eigenvalue weighted by Crippen LogP contribution is -2.14. The van der Waals surface area contributed by atoms with Crippen LogP contribution in [0.15, 0.2) is 12.3 Å². The Morgan fingerprint density at radius 3 is 2.44 bits per heavy atom. The molecule has 0 aliphatic rings. The third-order valence-corrected chi connectivity index (χ3v) is 1.61. The summed E-state index contributed by atoms with van der Waals surface area (Å²) < 4.78 is 37.0. The average molecular weight is 236 g/mol. The zero-order chi connectivity index (χ0) is 12.5. The Morgan fingerprint density at radius 2 is 2.06 bits per heavy atom. The highest BCUT2D eigenvalue weighted by molar-refractivity contribution is 5.90. The second kappa shape index (κ2) is 3.76. The zero-order valence-electron chi connectivity index (χ0n) is 7.35. The van der Waals surface area contributed by atoms with E-state index in [-0.39, 0.29) is 0 Å². The Kier molecular flexibility index (Phi) is 2.79. The van der Waals surface area contributed by atoms with Gasteiger partial charge in [0, 0.05) is 6.20 Å². The topological polar surface area (TPSA) is 93.3 Å². The summed E-state index contributed by atoms with van der Waals surface area (Å²) >= 11 is 0. The number of rotatable bonds is 2. The van der Waals surface area contributed by atoms with Gasteiger partial charge in [0.15, 0.2) is 0 Å². The summed E-state index contributed by atoms with van der Waals surface area (Å²) in [6.07, 6.45) is -4.45. The first-order chi connectivity index (χ1) is 7.25. The van der Waals surface area contributed by atoms with Crippen LogP contribution in [0.25, 0.3) is 0 Å². The van der Waals surface area contributed by atoms with Gasteiger partial charge in [-0.3, -0.25) is 10.1 Å². The lowest BCUT2D eigenvalue weighted by atomic mass is 10.1. The molecular weight excluding hydrogens is 233 g/mol. The summed E-state index contributed by atoms with van der Waals surface area (Å²) in [5.74, 6) is -1.89. The molecule has 0 bridgehead atoms. The number of aromatic carboxylic acids is 1. The van der Waals surface area contributed by atoms with Crippen LogP contribution in [0.3, 0.4) is 0 Å². The third kappa shape index (κ3) is 2.07. The molecule has 0 aliphatic heterocycles. The molecule has 0 atom stereocenters. The van der Waals surface area contributed by atoms with Crippen LogP contribution >= 0.6 is 0 Å². The van der Waals surface area contributed by atoms with Gasteiger partial charge in [-0.15, -0.1) is 0 Å². The molecule has 0 saturated carbocycles. The van der Waals surface area contributed by atoms with Crippen LogP contribution in [0.2, 0.25) is 0 Å². The molecule has 0 fully saturated rings. The number of carboxylic acid groups (broad SMARTS) is 1. The van der Waals surface area contributed by atoms with Crippen LogP contribution in [0.5, 0.6) is 0 Å². The maximum Gasteiger partial charge on any atom is 0.423 e. The number of hydrogen-bond acceptors (Lipinski definition) is 4. The average Bonchev–Trinajstić information content (AvgIpc) is 2.14. The van der Waals surface area contributed by atoms with Crippen molar-refractivity contribution < 1.29 is 28.0 Å². The van der Waals surface area contributed by atoms with Crippen molar-refractivity contribution >= 4 is 11.7 Å². The van der Waals surface area contributed by atoms with Gasteiger partial charge in [0.2, 0.25) is 5.69 Å². The highest BCUT2D eigenvalue weighted by Crippen LogP contribution is 2.36. The van der Waals surface area contributed by atoms with Gasteiger partial charge in [-0.1, -0.05) is 0 Å². The number of nitro groups is 1. The molecule has 0 spiro atoms. The van der Waals surface area contributed by atoms with Gasteiger partial charge in [-0.2, -0.15) is 13.2 Å². The summed E-state index contributed by atoms with van der Waals surface area (Å²) in [7, 11) is 0. The first-order valence-corrected chi connectivity index (χ1v) is 3.69. The Bertz CT molecular complexity index is 457. The highest BCUT2D eigenvalue weighted by atomic mass is 19.4. The predicted octanol–water partition coefficient (Wildman–Crippen LogP) is 1.71. The van der Waals surface area contributed by atoms with Crippen LogP contribution in [-0.4, -0.2) is 21.0 Å². The monoisotopic (exact) mass is 236 g/mol. The number of pyridine rings is 1. The minimum Gasteiger partial charge on any atom is -0.476 e. The van der Waals surface area contributed by atoms with Crippen molar-refractivity contribution in [2.24, 2.45) is 0 Å². The van der Waals surface area contributed by atoms with Gasteiger partial charge in [-0.25, -0.2) is 9.78 Å². The number of carboxylic acids is 1. The molecule has 16 heavy (non-hydrogen) atoms. The van der Waals surface area contributed by atoms with Crippen molar-refractivity contribution in [3.8, 4) is 0 Å². The van der Waals surface area contributed by atoms with Crippen LogP contribution in [-0.2, 0) is 6.18 Å². The van der Waals surface area contributed by atoms with Crippen LogP contribution in [0.1, 0.15) is 16.1 Å². The second-order valence-corrected chi connectivity index (χ2v) is 2.62. The van der Waals surface area contributed by atoms with Crippen molar-refractivity contribution in [2.75, 3.05) is 0 Å². The molecule has 1 heterocycles. The fourth-order valence-corrected chi connectivity index (χ4v) is 1.02. The molecule has 1 aromatic rings. The second-order valence-electron chi connectivity index (χ2n) is 2.62. The minimum atomic E-state index is -5.00. The minimum absolute atomic E-state index is 0.352. The summed E-state index contributed by atoms with van der Waals surface area (Å²) in [5, 5.41) is 18.9. The van der Waals surface area contributed by atoms with Gasteiger partial charge in [0.05, 0.1) is 4.92 Å². The molecule has 9 heteroatoms. The van der Waals surface area contributed by atoms with Gasteiger partial charge >= 0.3 is 17.8 Å². The molecule has 6 nitrogen and oxygen atoms in total. The van der Waals surface area contributed by atoms with Crippen molar-refractivity contribution in [3.63, 3.8) is 0 Å². The Labute approximate surface area is 85.5 Å². The zero-order valence-corrected chi connectivity index (χ0v) is 7.35. The van der Waals surface area contributed by atoms with Crippen molar-refractivity contribution in [3.05, 3.63) is 33.6 Å². The van der Waals surface area contributed by atoms with Gasteiger partial charge in [-0.05, 0) is 6.07 Å².